The molecule has 2 rings (SSSR count). The minimum Gasteiger partial charge on any atom is -0.490 e. The quantitative estimate of drug-likeness (QED) is 0.260. The Morgan fingerprint density at radius 3 is 2.13 bits per heavy atom. The van der Waals surface area contributed by atoms with Gasteiger partial charge in [0.1, 0.15) is 5.75 Å². The predicted molar refractivity (Wildman–Crippen MR) is 119 cm³/mol. The number of hydrogen-bond acceptors (Lipinski definition) is 6. The molecule has 6 heteroatoms. The van der Waals surface area contributed by atoms with E-state index >= 15 is 0 Å². The fraction of sp³-hybridized carbons (Fsp3) is 0.583. The van der Waals surface area contributed by atoms with Crippen LogP contribution in [-0.4, -0.2) is 43.2 Å². The molecule has 0 N–H and O–H groups in total. The van der Waals surface area contributed by atoms with Crippen molar-refractivity contribution in [3.8, 4) is 22.9 Å². The van der Waals surface area contributed by atoms with Gasteiger partial charge in [0, 0.05) is 25.7 Å². The van der Waals surface area contributed by atoms with Crippen molar-refractivity contribution >= 4 is 0 Å². The van der Waals surface area contributed by atoms with E-state index in [9.17, 15) is 0 Å². The van der Waals surface area contributed by atoms with Crippen LogP contribution in [0, 0.1) is 0 Å². The highest BCUT2D eigenvalue weighted by Crippen LogP contribution is 2.22. The van der Waals surface area contributed by atoms with Gasteiger partial charge in [-0.15, -0.1) is 0 Å². The van der Waals surface area contributed by atoms with Gasteiger partial charge in [-0.1, -0.05) is 26.7 Å². The van der Waals surface area contributed by atoms with Crippen molar-refractivity contribution in [2.45, 2.75) is 65.1 Å². The lowest BCUT2D eigenvalue weighted by Gasteiger charge is -2.19. The second kappa shape index (κ2) is 14.7. The molecular weight excluding hydrogens is 380 g/mol. The highest BCUT2D eigenvalue weighted by atomic mass is 16.7. The third-order valence-corrected chi connectivity index (χ3v) is 4.55. The van der Waals surface area contributed by atoms with Crippen molar-refractivity contribution in [2.24, 2.45) is 0 Å². The first-order valence-corrected chi connectivity index (χ1v) is 11.1. The molecule has 166 valence electrons. The Morgan fingerprint density at radius 2 is 1.50 bits per heavy atom. The van der Waals surface area contributed by atoms with Crippen molar-refractivity contribution in [3.63, 3.8) is 0 Å². The summed E-state index contributed by atoms with van der Waals surface area (Å²) in [5.41, 5.74) is 0.938. The summed E-state index contributed by atoms with van der Waals surface area (Å²) in [5, 5.41) is 0. The lowest BCUT2D eigenvalue weighted by Crippen LogP contribution is -2.20. The van der Waals surface area contributed by atoms with Gasteiger partial charge in [-0.25, -0.2) is 9.97 Å². The number of rotatable bonds is 16. The third-order valence-electron chi connectivity index (χ3n) is 4.55. The summed E-state index contributed by atoms with van der Waals surface area (Å²) in [6.07, 6.45) is 10.6. The summed E-state index contributed by atoms with van der Waals surface area (Å²) in [4.78, 5) is 8.86. The molecule has 0 bridgehead atoms. The zero-order valence-corrected chi connectivity index (χ0v) is 18.6. The lowest BCUT2D eigenvalue weighted by atomic mass is 10.2. The molecule has 0 aliphatic rings. The minimum atomic E-state index is -0.200. The van der Waals surface area contributed by atoms with Crippen LogP contribution in [0.4, 0.5) is 0 Å². The SMILES string of the molecule is CCCOC(CCC)Oc1ccc(-c2ncc(OCCCCCCOC)cn2)cc1. The van der Waals surface area contributed by atoms with Gasteiger partial charge in [0.25, 0.3) is 0 Å². The van der Waals surface area contributed by atoms with Crippen molar-refractivity contribution in [1.29, 1.82) is 0 Å². The van der Waals surface area contributed by atoms with Crippen molar-refractivity contribution in [3.05, 3.63) is 36.7 Å². The first kappa shape index (κ1) is 24.1. The Hall–Kier alpha value is -2.18. The van der Waals surface area contributed by atoms with Crippen LogP contribution in [0.3, 0.4) is 0 Å². The van der Waals surface area contributed by atoms with E-state index in [1.807, 2.05) is 24.3 Å². The molecule has 0 aliphatic heterocycles. The number of unbranched alkanes of at least 4 members (excludes halogenated alkanes) is 3. The maximum atomic E-state index is 5.96. The number of hydrogen-bond donors (Lipinski definition) is 0. The van der Waals surface area contributed by atoms with E-state index < -0.39 is 0 Å². The van der Waals surface area contributed by atoms with Crippen LogP contribution in [0.25, 0.3) is 11.4 Å². The molecular formula is C24H36N2O4. The highest BCUT2D eigenvalue weighted by molar-refractivity contribution is 5.56. The molecule has 0 amide bonds. The number of ether oxygens (including phenoxy) is 4. The molecule has 0 saturated carbocycles. The average Bonchev–Trinajstić information content (AvgIpc) is 2.78. The summed E-state index contributed by atoms with van der Waals surface area (Å²) >= 11 is 0. The average molecular weight is 417 g/mol. The van der Waals surface area contributed by atoms with E-state index in [0.29, 0.717) is 24.8 Å². The van der Waals surface area contributed by atoms with Crippen molar-refractivity contribution < 1.29 is 18.9 Å². The van der Waals surface area contributed by atoms with Gasteiger partial charge in [-0.3, -0.25) is 0 Å². The van der Waals surface area contributed by atoms with Crippen LogP contribution in [0.2, 0.25) is 0 Å². The molecule has 1 aromatic carbocycles. The van der Waals surface area contributed by atoms with E-state index in [1.165, 1.54) is 0 Å². The second-order valence-corrected chi connectivity index (χ2v) is 7.23. The second-order valence-electron chi connectivity index (χ2n) is 7.23. The molecule has 0 radical (unpaired) electrons. The number of aromatic nitrogens is 2. The summed E-state index contributed by atoms with van der Waals surface area (Å²) in [5.74, 6) is 2.16. The molecule has 6 nitrogen and oxygen atoms in total. The zero-order chi connectivity index (χ0) is 21.4. The molecule has 2 aromatic rings. The van der Waals surface area contributed by atoms with Crippen LogP contribution >= 0.6 is 0 Å². The van der Waals surface area contributed by atoms with Gasteiger partial charge in [0.05, 0.1) is 25.6 Å². The standard InChI is InChI=1S/C24H36N2O4/c1-4-10-23(29-15-5-2)30-21-13-11-20(12-14-21)24-25-18-22(19-26-24)28-17-9-7-6-8-16-27-3/h11-14,18-19,23H,4-10,15-17H2,1-3H3. The van der Waals surface area contributed by atoms with Crippen LogP contribution in [0.15, 0.2) is 36.7 Å². The number of benzene rings is 1. The van der Waals surface area contributed by atoms with Crippen LogP contribution in [0.5, 0.6) is 11.5 Å². The monoisotopic (exact) mass is 416 g/mol. The number of methoxy groups -OCH3 is 1. The maximum Gasteiger partial charge on any atom is 0.199 e. The van der Waals surface area contributed by atoms with Gasteiger partial charge in [0.15, 0.2) is 17.9 Å². The Bertz CT molecular complexity index is 677. The Morgan fingerprint density at radius 1 is 0.800 bits per heavy atom. The fourth-order valence-electron chi connectivity index (χ4n) is 2.93. The van der Waals surface area contributed by atoms with Crippen LogP contribution < -0.4 is 9.47 Å². The molecule has 0 saturated heterocycles. The maximum absolute atomic E-state index is 5.96. The molecule has 1 unspecified atom stereocenters. The van der Waals surface area contributed by atoms with E-state index in [1.54, 1.807) is 19.5 Å². The lowest BCUT2D eigenvalue weighted by molar-refractivity contribution is -0.0844. The van der Waals surface area contributed by atoms with Gasteiger partial charge in [0.2, 0.25) is 0 Å². The topological polar surface area (TPSA) is 62.7 Å². The van der Waals surface area contributed by atoms with Gasteiger partial charge in [-0.05, 0) is 49.9 Å². The van der Waals surface area contributed by atoms with Crippen LogP contribution in [0.1, 0.15) is 58.8 Å². The van der Waals surface area contributed by atoms with Crippen LogP contribution in [-0.2, 0) is 9.47 Å². The summed E-state index contributed by atoms with van der Waals surface area (Å²) in [6, 6.07) is 7.80. The molecule has 1 heterocycles. The molecule has 1 atom stereocenters. The third kappa shape index (κ3) is 9.09. The van der Waals surface area contributed by atoms with E-state index in [0.717, 1.165) is 62.9 Å². The number of nitrogens with zero attached hydrogens (tertiary/aromatic N) is 2. The summed E-state index contributed by atoms with van der Waals surface area (Å²) in [6.45, 7) is 6.44. The molecule has 0 fully saturated rings. The fourth-order valence-corrected chi connectivity index (χ4v) is 2.93. The van der Waals surface area contributed by atoms with Crippen molar-refractivity contribution in [1.82, 2.24) is 9.97 Å². The molecule has 1 aromatic heterocycles. The Balaban J connectivity index is 1.80. The summed E-state index contributed by atoms with van der Waals surface area (Å²) < 4.78 is 22.5. The Labute approximate surface area is 180 Å². The minimum absolute atomic E-state index is 0.200. The van der Waals surface area contributed by atoms with Gasteiger partial charge < -0.3 is 18.9 Å². The first-order valence-electron chi connectivity index (χ1n) is 11.1. The van der Waals surface area contributed by atoms with E-state index in [2.05, 4.69) is 23.8 Å². The normalized spacial score (nSPS) is 12.0. The summed E-state index contributed by atoms with van der Waals surface area (Å²) in [7, 11) is 1.74. The van der Waals surface area contributed by atoms with Crippen molar-refractivity contribution in [2.75, 3.05) is 26.9 Å². The molecule has 0 spiro atoms. The molecule has 30 heavy (non-hydrogen) atoms. The van der Waals surface area contributed by atoms with E-state index in [-0.39, 0.29) is 6.29 Å². The predicted octanol–water partition coefficient (Wildman–Crippen LogP) is 5.66. The highest BCUT2D eigenvalue weighted by Gasteiger charge is 2.10. The first-order chi connectivity index (χ1) is 14.8. The Kier molecular flexibility index (Phi) is 11.8. The van der Waals surface area contributed by atoms with Gasteiger partial charge in [-0.2, -0.15) is 0 Å². The molecule has 0 aliphatic carbocycles. The largest absolute Gasteiger partial charge is 0.490 e. The zero-order valence-electron chi connectivity index (χ0n) is 18.6. The van der Waals surface area contributed by atoms with E-state index in [4.69, 9.17) is 18.9 Å². The smallest absolute Gasteiger partial charge is 0.199 e. The van der Waals surface area contributed by atoms with Gasteiger partial charge >= 0.3 is 0 Å².